The van der Waals surface area contributed by atoms with E-state index in [1.807, 2.05) is 25.1 Å². The van der Waals surface area contributed by atoms with Crippen LogP contribution in [0.25, 0.3) is 11.0 Å². The van der Waals surface area contributed by atoms with Crippen LogP contribution in [0.1, 0.15) is 73.1 Å². The van der Waals surface area contributed by atoms with E-state index >= 15 is 0 Å². The van der Waals surface area contributed by atoms with Gasteiger partial charge in [0.05, 0.1) is 29.9 Å². The molecular formula is C28H33N3O3. The lowest BCUT2D eigenvalue weighted by atomic mass is 10.0. The van der Waals surface area contributed by atoms with Crippen molar-refractivity contribution in [3.8, 4) is 5.75 Å². The normalized spacial score (nSPS) is 12.3. The van der Waals surface area contributed by atoms with Gasteiger partial charge in [-0.05, 0) is 74.1 Å². The van der Waals surface area contributed by atoms with Crippen molar-refractivity contribution in [3.05, 3.63) is 83.6 Å². The van der Waals surface area contributed by atoms with Gasteiger partial charge in [0.1, 0.15) is 11.6 Å². The highest BCUT2D eigenvalue weighted by atomic mass is 16.5. The fourth-order valence-electron chi connectivity index (χ4n) is 4.20. The molecule has 1 N–H and O–H groups in total. The number of rotatable bonds is 10. The maximum absolute atomic E-state index is 12.5. The number of nitrogens with one attached hydrogen (secondary N) is 1. The number of nitrogens with zero attached hydrogens (tertiary/aromatic N) is 2. The van der Waals surface area contributed by atoms with Crippen LogP contribution < -0.4 is 10.1 Å². The Morgan fingerprint density at radius 2 is 1.91 bits per heavy atom. The summed E-state index contributed by atoms with van der Waals surface area (Å²) < 4.78 is 13.6. The molecule has 4 rings (SSSR count). The van der Waals surface area contributed by atoms with Crippen molar-refractivity contribution in [2.75, 3.05) is 6.61 Å². The molecule has 0 aliphatic heterocycles. The number of hydrogen-bond acceptors (Lipinski definition) is 4. The molecule has 0 spiro atoms. The topological polar surface area (TPSA) is 69.3 Å². The standard InChI is InChI=1S/C28H33N3O3/c1-19(2)22-14-13-20(3)18-26(22)34-16-8-7-15-31-24-11-6-5-10-23(24)30-27(31)21(4)29-28(32)25-12-9-17-33-25/h5-6,9-14,17-19,21H,7-8,15-16H2,1-4H3,(H,29,32). The third-order valence-corrected chi connectivity index (χ3v) is 5.99. The van der Waals surface area contributed by atoms with Crippen LogP contribution >= 0.6 is 0 Å². The number of unbranched alkanes of at least 4 members (excludes halogenated alkanes) is 1. The molecule has 0 radical (unpaired) electrons. The average Bonchev–Trinajstić information content (AvgIpc) is 3.47. The third-order valence-electron chi connectivity index (χ3n) is 5.99. The second-order valence-corrected chi connectivity index (χ2v) is 9.03. The van der Waals surface area contributed by atoms with Gasteiger partial charge in [0.25, 0.3) is 5.91 Å². The second kappa shape index (κ2) is 10.6. The third kappa shape index (κ3) is 5.33. The number of aryl methyl sites for hydroxylation is 2. The molecule has 2 aromatic carbocycles. The summed E-state index contributed by atoms with van der Waals surface area (Å²) in [5.41, 5.74) is 4.45. The van der Waals surface area contributed by atoms with Crippen molar-refractivity contribution in [1.29, 1.82) is 0 Å². The van der Waals surface area contributed by atoms with E-state index in [1.165, 1.54) is 17.4 Å². The molecule has 0 saturated carbocycles. The Kier molecular flexibility index (Phi) is 7.36. The summed E-state index contributed by atoms with van der Waals surface area (Å²) in [5.74, 6) is 2.29. The first-order valence-corrected chi connectivity index (χ1v) is 12.0. The van der Waals surface area contributed by atoms with Crippen LogP contribution in [-0.4, -0.2) is 22.1 Å². The lowest BCUT2D eigenvalue weighted by molar-refractivity contribution is 0.0909. The van der Waals surface area contributed by atoms with Gasteiger partial charge in [0, 0.05) is 6.54 Å². The first kappa shape index (κ1) is 23.6. The number of benzene rings is 2. The zero-order valence-corrected chi connectivity index (χ0v) is 20.4. The van der Waals surface area contributed by atoms with Crippen molar-refractivity contribution in [3.63, 3.8) is 0 Å². The summed E-state index contributed by atoms with van der Waals surface area (Å²) in [4.78, 5) is 17.3. The van der Waals surface area contributed by atoms with E-state index in [1.54, 1.807) is 12.1 Å². The van der Waals surface area contributed by atoms with Gasteiger partial charge in [-0.2, -0.15) is 0 Å². The molecule has 6 nitrogen and oxygen atoms in total. The van der Waals surface area contributed by atoms with Gasteiger partial charge in [-0.1, -0.05) is 38.1 Å². The quantitative estimate of drug-likeness (QED) is 0.278. The lowest BCUT2D eigenvalue weighted by Crippen LogP contribution is -2.28. The fraction of sp³-hybridized carbons (Fsp3) is 0.357. The number of hydrogen-bond donors (Lipinski definition) is 1. The molecule has 0 fully saturated rings. The maximum atomic E-state index is 12.5. The number of aromatic nitrogens is 2. The summed E-state index contributed by atoms with van der Waals surface area (Å²) in [6, 6.07) is 17.6. The highest BCUT2D eigenvalue weighted by molar-refractivity contribution is 5.91. The van der Waals surface area contributed by atoms with E-state index in [4.69, 9.17) is 14.1 Å². The highest BCUT2D eigenvalue weighted by Gasteiger charge is 2.20. The first-order chi connectivity index (χ1) is 16.4. The molecule has 1 amide bonds. The summed E-state index contributed by atoms with van der Waals surface area (Å²) in [5, 5.41) is 3.00. The minimum Gasteiger partial charge on any atom is -0.493 e. The summed E-state index contributed by atoms with van der Waals surface area (Å²) in [6.45, 7) is 9.88. The van der Waals surface area contributed by atoms with E-state index in [9.17, 15) is 4.79 Å². The van der Waals surface area contributed by atoms with Gasteiger partial charge < -0.3 is 19.0 Å². The Morgan fingerprint density at radius 1 is 1.09 bits per heavy atom. The number of amides is 1. The molecular weight excluding hydrogens is 426 g/mol. The van der Waals surface area contributed by atoms with Crippen LogP contribution in [0.3, 0.4) is 0 Å². The number of furan rings is 1. The SMILES string of the molecule is Cc1ccc(C(C)C)c(OCCCCn2c(C(C)NC(=O)c3ccco3)nc3ccccc32)c1. The molecule has 0 aliphatic rings. The summed E-state index contributed by atoms with van der Waals surface area (Å²) in [6.07, 6.45) is 3.36. The minimum atomic E-state index is -0.262. The van der Waals surface area contributed by atoms with Crippen LogP contribution in [0.2, 0.25) is 0 Å². The second-order valence-electron chi connectivity index (χ2n) is 9.03. The Bertz CT molecular complexity index is 1240. The summed E-state index contributed by atoms with van der Waals surface area (Å²) in [7, 11) is 0. The van der Waals surface area contributed by atoms with E-state index in [0.717, 1.165) is 42.0 Å². The zero-order valence-electron chi connectivity index (χ0n) is 20.4. The van der Waals surface area contributed by atoms with Gasteiger partial charge in [0.2, 0.25) is 0 Å². The van der Waals surface area contributed by atoms with Crippen LogP contribution in [0, 0.1) is 6.92 Å². The molecule has 178 valence electrons. The van der Waals surface area contributed by atoms with Gasteiger partial charge >= 0.3 is 0 Å². The number of fused-ring (bicyclic) bond motifs is 1. The lowest BCUT2D eigenvalue weighted by Gasteiger charge is -2.17. The Labute approximate surface area is 200 Å². The van der Waals surface area contributed by atoms with Gasteiger partial charge in [-0.25, -0.2) is 4.98 Å². The molecule has 34 heavy (non-hydrogen) atoms. The van der Waals surface area contributed by atoms with Gasteiger partial charge in [-0.15, -0.1) is 0 Å². The van der Waals surface area contributed by atoms with Crippen LogP contribution in [0.5, 0.6) is 5.75 Å². The molecule has 2 aromatic heterocycles. The monoisotopic (exact) mass is 459 g/mol. The number of para-hydroxylation sites is 2. The number of imidazole rings is 1. The Balaban J connectivity index is 1.42. The maximum Gasteiger partial charge on any atom is 0.287 e. The van der Waals surface area contributed by atoms with Crippen LogP contribution in [0.4, 0.5) is 0 Å². The van der Waals surface area contributed by atoms with Crippen LogP contribution in [-0.2, 0) is 6.54 Å². The fourth-order valence-corrected chi connectivity index (χ4v) is 4.20. The van der Waals surface area contributed by atoms with Crippen molar-refractivity contribution in [2.24, 2.45) is 0 Å². The van der Waals surface area contributed by atoms with E-state index in [0.29, 0.717) is 18.3 Å². The van der Waals surface area contributed by atoms with Crippen molar-refractivity contribution in [1.82, 2.24) is 14.9 Å². The predicted octanol–water partition coefficient (Wildman–Crippen LogP) is 6.41. The highest BCUT2D eigenvalue weighted by Crippen LogP contribution is 2.28. The number of ether oxygens (including phenoxy) is 1. The largest absolute Gasteiger partial charge is 0.493 e. The summed E-state index contributed by atoms with van der Waals surface area (Å²) >= 11 is 0. The van der Waals surface area contributed by atoms with Crippen molar-refractivity contribution in [2.45, 2.75) is 59.0 Å². The smallest absolute Gasteiger partial charge is 0.287 e. The molecule has 6 heteroatoms. The van der Waals surface area contributed by atoms with Gasteiger partial charge in [0.15, 0.2) is 5.76 Å². The zero-order chi connectivity index (χ0) is 24.1. The van der Waals surface area contributed by atoms with E-state index in [2.05, 4.69) is 54.9 Å². The Hall–Kier alpha value is -3.54. The van der Waals surface area contributed by atoms with E-state index in [-0.39, 0.29) is 11.9 Å². The molecule has 1 unspecified atom stereocenters. The molecule has 0 bridgehead atoms. The molecule has 0 saturated heterocycles. The molecule has 1 atom stereocenters. The molecule has 0 aliphatic carbocycles. The van der Waals surface area contributed by atoms with Gasteiger partial charge in [-0.3, -0.25) is 4.79 Å². The Morgan fingerprint density at radius 3 is 2.68 bits per heavy atom. The molecule has 2 heterocycles. The average molecular weight is 460 g/mol. The van der Waals surface area contributed by atoms with Crippen molar-refractivity contribution < 1.29 is 13.9 Å². The predicted molar refractivity (Wildman–Crippen MR) is 134 cm³/mol. The molecule has 4 aromatic rings. The first-order valence-electron chi connectivity index (χ1n) is 12.0. The minimum absolute atomic E-state index is 0.247. The number of carbonyl (C=O) groups is 1. The van der Waals surface area contributed by atoms with E-state index < -0.39 is 0 Å². The number of carbonyl (C=O) groups excluding carboxylic acids is 1. The van der Waals surface area contributed by atoms with Crippen LogP contribution in [0.15, 0.2) is 65.3 Å². The van der Waals surface area contributed by atoms with Crippen molar-refractivity contribution >= 4 is 16.9 Å².